The number of nitrogens with one attached hydrogen (secondary N) is 4. The average molecular weight is 1480 g/mol. The molecule has 28 heteroatoms. The molecule has 0 bridgehead atoms. The van der Waals surface area contributed by atoms with Crippen molar-refractivity contribution in [2.75, 3.05) is 62.3 Å². The molecule has 5 heterocycles. The zero-order valence-corrected chi connectivity index (χ0v) is 57.8. The van der Waals surface area contributed by atoms with Crippen molar-refractivity contribution in [3.05, 3.63) is 275 Å². The molecule has 6 amide bonds. The number of hydrogen-bond acceptors (Lipinski definition) is 9. The molecule has 0 aliphatic carbocycles. The second-order valence-corrected chi connectivity index (χ2v) is 26.0. The summed E-state index contributed by atoms with van der Waals surface area (Å²) in [6.07, 6.45) is -4.78. The van der Waals surface area contributed by atoms with Gasteiger partial charge in [-0.3, -0.25) is 19.7 Å². The molecule has 12 rings (SSSR count). The van der Waals surface area contributed by atoms with E-state index < -0.39 is 70.8 Å². The predicted octanol–water partition coefficient (Wildman–Crippen LogP) is 17.8. The number of piperidine rings is 3. The van der Waals surface area contributed by atoms with Crippen LogP contribution < -0.4 is 20.7 Å². The first-order valence-electron chi connectivity index (χ1n) is 34.4. The smallest absolute Gasteiger partial charge is 0.416 e. The molecule has 0 unspecified atom stereocenters. The number of alkyl halides is 9. The van der Waals surface area contributed by atoms with Gasteiger partial charge in [0.1, 0.15) is 29.0 Å². The van der Waals surface area contributed by atoms with E-state index in [1.807, 2.05) is 133 Å². The average Bonchev–Trinajstić information content (AvgIpc) is 0.837. The fraction of sp³-hybridized carbons (Fsp3) is 0.321. The Kier molecular flexibility index (Phi) is 26.9. The van der Waals surface area contributed by atoms with E-state index in [1.54, 1.807) is 40.4 Å². The van der Waals surface area contributed by atoms with Crippen molar-refractivity contribution >= 4 is 35.2 Å². The maximum absolute atomic E-state index is 13.9. The van der Waals surface area contributed by atoms with Crippen molar-refractivity contribution in [1.82, 2.24) is 44.4 Å². The summed E-state index contributed by atoms with van der Waals surface area (Å²) in [5.41, 5.74) is 0.591. The van der Waals surface area contributed by atoms with Crippen LogP contribution >= 0.6 is 0 Å². The van der Waals surface area contributed by atoms with Gasteiger partial charge in [-0.05, 0) is 128 Å². The van der Waals surface area contributed by atoms with Crippen molar-refractivity contribution in [2.24, 2.45) is 0 Å². The third-order valence-electron chi connectivity index (χ3n) is 18.4. The van der Waals surface area contributed by atoms with Crippen LogP contribution in [0.2, 0.25) is 0 Å². The van der Waals surface area contributed by atoms with Crippen LogP contribution in [0.25, 0.3) is 0 Å². The van der Waals surface area contributed by atoms with E-state index >= 15 is 0 Å². The highest BCUT2D eigenvalue weighted by atomic mass is 19.4. The Bertz CT molecular complexity index is 4260. The summed E-state index contributed by atoms with van der Waals surface area (Å²) in [5.74, 6) is -1.50. The van der Waals surface area contributed by atoms with Gasteiger partial charge in [-0.1, -0.05) is 115 Å². The molecule has 0 atom stereocenters. The summed E-state index contributed by atoms with van der Waals surface area (Å²) >= 11 is 0. The van der Waals surface area contributed by atoms with Gasteiger partial charge in [-0.25, -0.2) is 32.5 Å². The van der Waals surface area contributed by atoms with Crippen LogP contribution in [0, 0.1) is 17.5 Å². The van der Waals surface area contributed by atoms with Gasteiger partial charge in [0.25, 0.3) is 0 Å². The Morgan fingerprint density at radius 3 is 1.12 bits per heavy atom. The summed E-state index contributed by atoms with van der Waals surface area (Å²) in [5, 5.41) is 7.46. The van der Waals surface area contributed by atoms with Crippen molar-refractivity contribution < 1.29 is 71.8 Å². The van der Waals surface area contributed by atoms with Crippen LogP contribution in [-0.4, -0.2) is 127 Å². The molecule has 3 aliphatic heterocycles. The molecule has 3 aliphatic rings. The number of hydrogen-bond donors (Lipinski definition) is 4. The third-order valence-corrected chi connectivity index (χ3v) is 18.4. The minimum atomic E-state index is -4.72. The lowest BCUT2D eigenvalue weighted by Crippen LogP contribution is -2.48. The van der Waals surface area contributed by atoms with Crippen LogP contribution in [0.4, 0.5) is 84.1 Å². The van der Waals surface area contributed by atoms with E-state index in [9.17, 15) is 67.1 Å². The molecule has 3 fully saturated rings. The first-order chi connectivity index (χ1) is 50.8. The van der Waals surface area contributed by atoms with Gasteiger partial charge in [-0.2, -0.15) is 39.5 Å². The van der Waals surface area contributed by atoms with Crippen LogP contribution in [0.15, 0.2) is 207 Å². The van der Waals surface area contributed by atoms with Crippen molar-refractivity contribution in [3.63, 3.8) is 0 Å². The van der Waals surface area contributed by atoms with Gasteiger partial charge in [0.2, 0.25) is 0 Å². The number of para-hydroxylation sites is 1. The molecule has 106 heavy (non-hydrogen) atoms. The fourth-order valence-corrected chi connectivity index (χ4v) is 13.1. The summed E-state index contributed by atoms with van der Waals surface area (Å²) in [6.45, 7) is 7.40. The SMILES string of the molecule is COc1ccccc1CN1CCC(N(Cc2ccccc2)C(=O)Nc2cc(F)cc(C(F)(F)F)c2)CC1.O=C(Nc1cc(F)cc(C(F)(F)F)c1)N(Cc1ccccc1)C1CCN(Cc2ccccn2)CC1.O=C(Nc1cc(F)cc(C(F)(F)F)c1)N(Cc1ccccc1)C1CCN(Cc2ncc[nH]2)CC1. The predicted molar refractivity (Wildman–Crippen MR) is 378 cm³/mol. The number of ether oxygens (including phenoxy) is 1. The minimum absolute atomic E-state index is 0.120. The number of amides is 6. The zero-order chi connectivity index (χ0) is 75.4. The Labute approximate surface area is 606 Å². The number of carbonyl (C=O) groups excluding carboxylic acids is 3. The zero-order valence-electron chi connectivity index (χ0n) is 57.8. The van der Waals surface area contributed by atoms with Gasteiger partial charge in [-0.15, -0.1) is 0 Å². The lowest BCUT2D eigenvalue weighted by molar-refractivity contribution is -0.138. The number of H-pyrrole nitrogens is 1. The van der Waals surface area contributed by atoms with Crippen LogP contribution in [0.3, 0.4) is 0 Å². The fourth-order valence-electron chi connectivity index (χ4n) is 13.1. The Balaban J connectivity index is 0.000000170. The van der Waals surface area contributed by atoms with E-state index in [0.29, 0.717) is 82.9 Å². The quantitative estimate of drug-likeness (QED) is 0.0579. The normalized spacial score (nSPS) is 15.1. The number of aromatic amines is 1. The molecule has 3 saturated heterocycles. The summed E-state index contributed by atoms with van der Waals surface area (Å²) in [4.78, 5) is 63.1. The number of aromatic nitrogens is 3. The van der Waals surface area contributed by atoms with Gasteiger partial charge in [0.05, 0.1) is 36.0 Å². The van der Waals surface area contributed by atoms with Gasteiger partial charge < -0.3 is 40.4 Å². The van der Waals surface area contributed by atoms with Gasteiger partial charge in [0, 0.05) is 131 Å². The highest BCUT2D eigenvalue weighted by Crippen LogP contribution is 2.36. The number of rotatable bonds is 19. The van der Waals surface area contributed by atoms with E-state index in [1.165, 1.54) is 0 Å². The number of pyridine rings is 1. The largest absolute Gasteiger partial charge is 0.496 e. The number of imidazole rings is 1. The molecule has 7 aromatic carbocycles. The molecular weight excluding hydrogens is 1400 g/mol. The molecule has 9 aromatic rings. The lowest BCUT2D eigenvalue weighted by Gasteiger charge is -2.38. The number of benzene rings is 7. The molecule has 16 nitrogen and oxygen atoms in total. The summed E-state index contributed by atoms with van der Waals surface area (Å²) in [7, 11) is 1.64. The molecule has 2 aromatic heterocycles. The Morgan fingerprint density at radius 1 is 0.434 bits per heavy atom. The second-order valence-electron chi connectivity index (χ2n) is 26.0. The standard InChI is InChI=1S/C28H29F4N3O2.C26H26F4N4O.C24H25F4N5O/c1-37-26-10-6-5-9-21(26)19-34-13-11-25(12-14-34)35(18-20-7-3-2-4-8-20)27(36)33-24-16-22(28(30,31)32)15-23(29)17-24;27-21-14-20(26(28,29)30)15-23(16-21)32-25(35)34(17-19-6-2-1-3-7-19)24-9-12-33(13-10-24)18-22-8-4-5-11-31-22;25-19-12-18(24(26,27)28)13-20(14-19)31-23(34)33(15-17-4-2-1-3-5-17)21-6-10-32(11-7-21)16-22-29-8-9-30-22/h2-10,15-17,25H,11-14,18-19H2,1H3,(H,33,36);1-8,11,14-16,24H,9-10,12-13,17-18H2,(H,32,35);1-5,8-9,12-14,21H,6-7,10-11,15-16H2,(H,29,30)(H,31,34). The number of carbonyl (C=O) groups is 3. The number of nitrogens with zero attached hydrogens (tertiary/aromatic N) is 8. The minimum Gasteiger partial charge on any atom is -0.496 e. The summed E-state index contributed by atoms with van der Waals surface area (Å²) < 4.78 is 165. The van der Waals surface area contributed by atoms with E-state index in [4.69, 9.17) is 4.74 Å². The molecular formula is C78H80F12N12O4. The first kappa shape index (κ1) is 78.1. The molecule has 560 valence electrons. The molecule has 0 spiro atoms. The van der Waals surface area contributed by atoms with E-state index in [-0.39, 0.29) is 48.3 Å². The molecule has 0 radical (unpaired) electrons. The van der Waals surface area contributed by atoms with Gasteiger partial charge >= 0.3 is 36.6 Å². The topological polar surface area (TPSA) is 158 Å². The molecule has 0 saturated carbocycles. The van der Waals surface area contributed by atoms with Crippen LogP contribution in [0.5, 0.6) is 5.75 Å². The lowest BCUT2D eigenvalue weighted by atomic mass is 10.0. The Hall–Kier alpha value is -10.5. The van der Waals surface area contributed by atoms with E-state index in [0.717, 1.165) is 115 Å². The highest BCUT2D eigenvalue weighted by Gasteiger charge is 2.37. The van der Waals surface area contributed by atoms with Crippen LogP contribution in [-0.2, 0) is 57.8 Å². The summed E-state index contributed by atoms with van der Waals surface area (Å²) in [6, 6.07) is 45.8. The maximum atomic E-state index is 13.9. The number of urea groups is 3. The van der Waals surface area contributed by atoms with Crippen molar-refractivity contribution in [3.8, 4) is 5.75 Å². The Morgan fingerprint density at radius 2 is 0.783 bits per heavy atom. The van der Waals surface area contributed by atoms with Crippen molar-refractivity contribution in [1.29, 1.82) is 0 Å². The number of likely N-dealkylation sites (tertiary alicyclic amines) is 3. The van der Waals surface area contributed by atoms with Gasteiger partial charge in [0.15, 0.2) is 0 Å². The van der Waals surface area contributed by atoms with E-state index in [2.05, 4.69) is 45.6 Å². The first-order valence-corrected chi connectivity index (χ1v) is 34.4. The monoisotopic (exact) mass is 1480 g/mol. The number of anilines is 3. The number of halogens is 12. The third kappa shape index (κ3) is 23.3. The number of methoxy groups -OCH3 is 1. The molecule has 4 N–H and O–H groups in total. The highest BCUT2D eigenvalue weighted by molar-refractivity contribution is 5.91. The van der Waals surface area contributed by atoms with Crippen molar-refractivity contribution in [2.45, 2.75) is 114 Å². The van der Waals surface area contributed by atoms with Crippen LogP contribution in [0.1, 0.15) is 89.0 Å². The second kappa shape index (κ2) is 36.5. The maximum Gasteiger partial charge on any atom is 0.416 e.